The Hall–Kier alpha value is -4.24. The number of hydrogen-bond acceptors (Lipinski definition) is 20. The maximum absolute atomic E-state index is 12.1. The number of benzene rings is 4. The zero-order chi connectivity index (χ0) is 36.3. The highest BCUT2D eigenvalue weighted by Gasteiger charge is 2.26. The van der Waals surface area contributed by atoms with Crippen LogP contribution in [0, 0.1) is 0 Å². The molecule has 0 unspecified atom stereocenters. The molecule has 0 atom stereocenters. The molecular formula is C22H10Cl2N4O16S4-4. The van der Waals surface area contributed by atoms with Gasteiger partial charge < -0.3 is 38.6 Å². The van der Waals surface area contributed by atoms with Crippen molar-refractivity contribution >= 4 is 97.2 Å². The minimum Gasteiger partial charge on any atom is -0.744 e. The summed E-state index contributed by atoms with van der Waals surface area (Å²) >= 11 is 11.5. The highest BCUT2D eigenvalue weighted by Crippen LogP contribution is 2.51. The van der Waals surface area contributed by atoms with Gasteiger partial charge in [0.2, 0.25) is 0 Å². The van der Waals surface area contributed by atoms with Crippen LogP contribution in [0.2, 0.25) is 10.0 Å². The summed E-state index contributed by atoms with van der Waals surface area (Å²) in [6, 6.07) is 3.13. The van der Waals surface area contributed by atoms with E-state index in [0.29, 0.717) is 36.4 Å². The van der Waals surface area contributed by atoms with Gasteiger partial charge in [0.25, 0.3) is 0 Å². The molecule has 0 spiro atoms. The molecule has 0 fully saturated rings. The van der Waals surface area contributed by atoms with Crippen molar-refractivity contribution in [2.24, 2.45) is 20.5 Å². The van der Waals surface area contributed by atoms with Crippen molar-refractivity contribution in [2.45, 2.75) is 19.6 Å². The molecule has 0 saturated carbocycles. The molecule has 256 valence electrons. The number of halogens is 2. The molecule has 4 N–H and O–H groups in total. The van der Waals surface area contributed by atoms with Crippen LogP contribution in [0.3, 0.4) is 0 Å². The summed E-state index contributed by atoms with van der Waals surface area (Å²) in [5, 5.41) is 52.7. The van der Waals surface area contributed by atoms with Gasteiger partial charge in [-0.1, -0.05) is 23.2 Å². The Kier molecular flexibility index (Phi) is 9.40. The second kappa shape index (κ2) is 12.3. The molecule has 0 aliphatic rings. The molecule has 0 aromatic heterocycles. The summed E-state index contributed by atoms with van der Waals surface area (Å²) in [6.07, 6.45) is 0. The lowest BCUT2D eigenvalue weighted by Crippen LogP contribution is -2.02. The van der Waals surface area contributed by atoms with Crippen molar-refractivity contribution in [2.75, 3.05) is 0 Å². The van der Waals surface area contributed by atoms with E-state index in [-0.39, 0.29) is 0 Å². The maximum Gasteiger partial charge on any atom is 0.160 e. The van der Waals surface area contributed by atoms with Gasteiger partial charge in [0.15, 0.2) is 23.0 Å². The third kappa shape index (κ3) is 7.26. The Morgan fingerprint density at radius 2 is 0.771 bits per heavy atom. The van der Waals surface area contributed by atoms with E-state index in [1.54, 1.807) is 0 Å². The maximum atomic E-state index is 12.1. The molecule has 0 amide bonds. The normalized spacial score (nSPS) is 13.2. The quantitative estimate of drug-likeness (QED) is 0.147. The molecule has 0 radical (unpaired) electrons. The number of hydrogen-bond donors (Lipinski definition) is 4. The molecule has 4 aromatic rings. The number of rotatable bonds is 8. The Labute approximate surface area is 277 Å². The summed E-state index contributed by atoms with van der Waals surface area (Å²) in [7, 11) is -22.2. The molecule has 26 heteroatoms. The summed E-state index contributed by atoms with van der Waals surface area (Å²) in [4.78, 5) is -5.55. The molecule has 0 saturated heterocycles. The Morgan fingerprint density at radius 1 is 0.458 bits per heavy atom. The van der Waals surface area contributed by atoms with E-state index in [1.165, 1.54) is 0 Å². The third-order valence-electron chi connectivity index (χ3n) is 5.88. The van der Waals surface area contributed by atoms with Gasteiger partial charge in [-0.3, -0.25) is 0 Å². The second-order valence-corrected chi connectivity index (χ2v) is 15.3. The second-order valence-electron chi connectivity index (χ2n) is 9.00. The van der Waals surface area contributed by atoms with E-state index in [2.05, 4.69) is 20.5 Å². The minimum atomic E-state index is -5.71. The number of azo groups is 2. The third-order valence-corrected chi connectivity index (χ3v) is 9.72. The minimum absolute atomic E-state index is 0.320. The summed E-state index contributed by atoms with van der Waals surface area (Å²) in [5.41, 5.74) is -4.51. The predicted molar refractivity (Wildman–Crippen MR) is 154 cm³/mol. The zero-order valence-electron chi connectivity index (χ0n) is 22.3. The van der Waals surface area contributed by atoms with Crippen LogP contribution in [0.15, 0.2) is 76.4 Å². The van der Waals surface area contributed by atoms with Crippen molar-refractivity contribution < 1.29 is 72.3 Å². The van der Waals surface area contributed by atoms with Gasteiger partial charge >= 0.3 is 0 Å². The van der Waals surface area contributed by atoms with Gasteiger partial charge in [-0.15, -0.1) is 20.5 Å². The number of phenolic OH excluding ortho intramolecular Hbond substituents is 4. The van der Waals surface area contributed by atoms with Crippen LogP contribution in [0.25, 0.3) is 10.8 Å². The summed E-state index contributed by atoms with van der Waals surface area (Å²) in [5.74, 6) is -5.67. The number of nitrogens with zero attached hydrogens (tertiary/aromatic N) is 4. The lowest BCUT2D eigenvalue weighted by molar-refractivity contribution is 0.433. The fourth-order valence-corrected chi connectivity index (χ4v) is 6.97. The van der Waals surface area contributed by atoms with Crippen LogP contribution in [-0.2, 0) is 40.5 Å². The van der Waals surface area contributed by atoms with Gasteiger partial charge in [-0.25, -0.2) is 33.7 Å². The Bertz CT molecular complexity index is 2400. The zero-order valence-corrected chi connectivity index (χ0v) is 27.1. The van der Waals surface area contributed by atoms with E-state index in [0.717, 1.165) is 0 Å². The van der Waals surface area contributed by atoms with Crippen molar-refractivity contribution in [3.63, 3.8) is 0 Å². The molecular weight excluding hydrogens is 775 g/mol. The monoisotopic (exact) mass is 784 g/mol. The van der Waals surface area contributed by atoms with Crippen molar-refractivity contribution in [3.8, 4) is 23.0 Å². The Balaban J connectivity index is 2.07. The first-order chi connectivity index (χ1) is 21.8. The molecule has 0 bridgehead atoms. The van der Waals surface area contributed by atoms with Crippen LogP contribution in [0.1, 0.15) is 0 Å². The van der Waals surface area contributed by atoms with Gasteiger partial charge in [0.05, 0.1) is 25.0 Å². The summed E-state index contributed by atoms with van der Waals surface area (Å²) in [6.45, 7) is 0. The van der Waals surface area contributed by atoms with Crippen LogP contribution >= 0.6 is 23.2 Å². The molecule has 4 rings (SSSR count). The van der Waals surface area contributed by atoms with E-state index in [9.17, 15) is 72.3 Å². The molecule has 0 aliphatic carbocycles. The average molecular weight is 786 g/mol. The standard InChI is InChI=1S/C22H14Cl2N4O16S4/c23-8-3-10(19(29)14(5-8)47(39,40)41)25-27-17-12(45(33,34)35)1-7-2-13(46(36,37)38)18(22(32)16(7)21(17)31)28-26-11-4-9(24)6-15(20(11)30)48(42,43)44/h1-6,29-32H,(H,33,34,35)(H,36,37,38)(H,39,40,41)(H,42,43,44)/p-4. The fraction of sp³-hybridized carbons (Fsp3) is 0. The van der Waals surface area contributed by atoms with Crippen LogP contribution in [0.5, 0.6) is 23.0 Å². The van der Waals surface area contributed by atoms with Gasteiger partial charge in [-0.05, 0) is 41.8 Å². The Morgan fingerprint density at radius 3 is 1.06 bits per heavy atom. The number of phenols is 4. The first-order valence-electron chi connectivity index (χ1n) is 11.6. The van der Waals surface area contributed by atoms with Crippen molar-refractivity contribution in [1.29, 1.82) is 0 Å². The van der Waals surface area contributed by atoms with E-state index in [1.807, 2.05) is 0 Å². The molecule has 20 nitrogen and oxygen atoms in total. The van der Waals surface area contributed by atoms with Crippen LogP contribution in [-0.4, -0.2) is 72.3 Å². The lowest BCUT2D eigenvalue weighted by Gasteiger charge is -2.17. The fourth-order valence-electron chi connectivity index (χ4n) is 3.90. The van der Waals surface area contributed by atoms with Crippen LogP contribution in [0.4, 0.5) is 22.7 Å². The SMILES string of the molecule is O=S(=O)([O-])c1cc(Cl)cc(N=Nc2c(S(=O)(=O)[O-])cc3cc(S(=O)(=O)[O-])c(N=Nc4cc(Cl)cc(S(=O)(=O)[O-])c4O)c(O)c3c2O)c1O. The highest BCUT2D eigenvalue weighted by atomic mass is 35.5. The summed E-state index contributed by atoms with van der Waals surface area (Å²) < 4.78 is 141. The smallest absolute Gasteiger partial charge is 0.160 e. The molecule has 0 heterocycles. The average Bonchev–Trinajstić information content (AvgIpc) is 2.92. The van der Waals surface area contributed by atoms with Crippen molar-refractivity contribution in [3.05, 3.63) is 46.4 Å². The van der Waals surface area contributed by atoms with Gasteiger partial charge in [0.1, 0.15) is 63.2 Å². The van der Waals surface area contributed by atoms with Crippen molar-refractivity contribution in [1.82, 2.24) is 0 Å². The van der Waals surface area contributed by atoms with Gasteiger partial charge in [0, 0.05) is 10.0 Å². The first kappa shape index (κ1) is 36.6. The molecule has 0 aliphatic heterocycles. The molecule has 4 aromatic carbocycles. The van der Waals surface area contributed by atoms with E-state index < -0.39 is 127 Å². The topological polar surface area (TPSA) is 359 Å². The predicted octanol–water partition coefficient (Wildman–Crippen LogP) is 3.42. The molecule has 48 heavy (non-hydrogen) atoms. The first-order valence-corrected chi connectivity index (χ1v) is 18.0. The highest BCUT2D eigenvalue weighted by molar-refractivity contribution is 7.86. The van der Waals surface area contributed by atoms with E-state index in [4.69, 9.17) is 23.2 Å². The largest absolute Gasteiger partial charge is 0.744 e. The van der Waals surface area contributed by atoms with E-state index >= 15 is 0 Å². The van der Waals surface area contributed by atoms with Crippen LogP contribution < -0.4 is 0 Å². The number of aromatic hydroxyl groups is 4. The van der Waals surface area contributed by atoms with Gasteiger partial charge in [-0.2, -0.15) is 0 Å². The number of fused-ring (bicyclic) bond motifs is 1. The lowest BCUT2D eigenvalue weighted by atomic mass is 10.1.